The van der Waals surface area contributed by atoms with Gasteiger partial charge in [-0.1, -0.05) is 6.92 Å². The van der Waals surface area contributed by atoms with E-state index >= 15 is 0 Å². The van der Waals surface area contributed by atoms with Crippen LogP contribution in [0.15, 0.2) is 6.07 Å². The molecule has 0 spiro atoms. The Morgan fingerprint density at radius 1 is 1.20 bits per heavy atom. The van der Waals surface area contributed by atoms with Crippen molar-refractivity contribution in [3.8, 4) is 0 Å². The van der Waals surface area contributed by atoms with E-state index in [9.17, 15) is 13.2 Å². The number of aromatic nitrogens is 2. The number of halogens is 3. The first-order valence-electron chi connectivity index (χ1n) is 6.45. The summed E-state index contributed by atoms with van der Waals surface area (Å²) >= 11 is 0. The minimum absolute atomic E-state index is 0.0894. The highest BCUT2D eigenvalue weighted by atomic mass is 19.4. The highest BCUT2D eigenvalue weighted by molar-refractivity contribution is 5.47. The second-order valence-corrected chi connectivity index (χ2v) is 4.45. The predicted molar refractivity (Wildman–Crippen MR) is 70.6 cm³/mol. The van der Waals surface area contributed by atoms with Crippen molar-refractivity contribution in [2.75, 3.05) is 23.7 Å². The molecular formula is C12H19F3N4O. The molecule has 5 nitrogen and oxygen atoms in total. The van der Waals surface area contributed by atoms with E-state index < -0.39 is 18.1 Å². The van der Waals surface area contributed by atoms with E-state index in [1.54, 1.807) is 6.92 Å². The fourth-order valence-corrected chi connectivity index (χ4v) is 1.42. The standard InChI is InChI=1S/C12H19F3N4O/c1-3-5-16-9-7-10(17-6-4-8(2)20)19-11(18-9)12(13,14)15/h7-8,20H,3-6H2,1-2H3,(H2,16,17,18,19). The maximum Gasteiger partial charge on any atom is 0.451 e. The molecule has 1 atom stereocenters. The zero-order valence-corrected chi connectivity index (χ0v) is 11.5. The highest BCUT2D eigenvalue weighted by Gasteiger charge is 2.35. The highest BCUT2D eigenvalue weighted by Crippen LogP contribution is 2.28. The molecule has 1 aromatic heterocycles. The summed E-state index contributed by atoms with van der Waals surface area (Å²) in [5.41, 5.74) is 0. The third kappa shape index (κ3) is 5.60. The average molecular weight is 292 g/mol. The molecule has 8 heteroatoms. The Labute approximate surface area is 115 Å². The Kier molecular flexibility index (Phi) is 6.00. The lowest BCUT2D eigenvalue weighted by molar-refractivity contribution is -0.144. The van der Waals surface area contributed by atoms with E-state index in [2.05, 4.69) is 20.6 Å². The van der Waals surface area contributed by atoms with Crippen LogP contribution in [0, 0.1) is 0 Å². The van der Waals surface area contributed by atoms with Gasteiger partial charge in [0.05, 0.1) is 6.10 Å². The van der Waals surface area contributed by atoms with Gasteiger partial charge in [0.2, 0.25) is 5.82 Å². The Morgan fingerprint density at radius 2 is 1.75 bits per heavy atom. The van der Waals surface area contributed by atoms with Gasteiger partial charge in [-0.25, -0.2) is 9.97 Å². The van der Waals surface area contributed by atoms with E-state index in [0.29, 0.717) is 19.5 Å². The van der Waals surface area contributed by atoms with Crippen LogP contribution >= 0.6 is 0 Å². The summed E-state index contributed by atoms with van der Waals surface area (Å²) < 4.78 is 38.1. The molecule has 0 saturated heterocycles. The van der Waals surface area contributed by atoms with Gasteiger partial charge in [-0.15, -0.1) is 0 Å². The summed E-state index contributed by atoms with van der Waals surface area (Å²) in [6, 6.07) is 1.42. The maximum absolute atomic E-state index is 12.7. The van der Waals surface area contributed by atoms with Crippen LogP contribution in [0.4, 0.5) is 24.8 Å². The van der Waals surface area contributed by atoms with Gasteiger partial charge in [-0.2, -0.15) is 13.2 Å². The first kappa shape index (κ1) is 16.5. The van der Waals surface area contributed by atoms with Crippen LogP contribution < -0.4 is 10.6 Å². The fourth-order valence-electron chi connectivity index (χ4n) is 1.42. The van der Waals surface area contributed by atoms with Gasteiger partial charge in [0.25, 0.3) is 0 Å². The summed E-state index contributed by atoms with van der Waals surface area (Å²) in [7, 11) is 0. The lowest BCUT2D eigenvalue weighted by Crippen LogP contribution is -2.17. The summed E-state index contributed by atoms with van der Waals surface area (Å²) in [6.45, 7) is 4.37. The van der Waals surface area contributed by atoms with Crippen LogP contribution in [0.1, 0.15) is 32.5 Å². The van der Waals surface area contributed by atoms with Crippen molar-refractivity contribution in [1.29, 1.82) is 0 Å². The molecule has 1 aromatic rings. The van der Waals surface area contributed by atoms with Gasteiger partial charge < -0.3 is 15.7 Å². The number of hydrogen-bond acceptors (Lipinski definition) is 5. The van der Waals surface area contributed by atoms with Crippen molar-refractivity contribution in [2.24, 2.45) is 0 Å². The van der Waals surface area contributed by atoms with Crippen LogP contribution in [-0.4, -0.2) is 34.3 Å². The zero-order chi connectivity index (χ0) is 15.2. The first-order valence-corrected chi connectivity index (χ1v) is 6.45. The molecule has 0 aliphatic rings. The Morgan fingerprint density at radius 3 is 2.20 bits per heavy atom. The molecule has 0 aromatic carbocycles. The number of aliphatic hydroxyl groups excluding tert-OH is 1. The molecule has 0 fully saturated rings. The average Bonchev–Trinajstić information content (AvgIpc) is 2.34. The van der Waals surface area contributed by atoms with E-state index in [4.69, 9.17) is 5.11 Å². The number of nitrogens with one attached hydrogen (secondary N) is 2. The van der Waals surface area contributed by atoms with Gasteiger partial charge in [0.15, 0.2) is 0 Å². The number of aliphatic hydroxyl groups is 1. The third-order valence-corrected chi connectivity index (χ3v) is 2.40. The van der Waals surface area contributed by atoms with Crippen LogP contribution in [0.2, 0.25) is 0 Å². The minimum Gasteiger partial charge on any atom is -0.393 e. The Hall–Kier alpha value is -1.57. The van der Waals surface area contributed by atoms with Gasteiger partial charge in [-0.05, 0) is 19.8 Å². The van der Waals surface area contributed by atoms with Crippen molar-refractivity contribution < 1.29 is 18.3 Å². The quantitative estimate of drug-likeness (QED) is 0.720. The van der Waals surface area contributed by atoms with Crippen LogP contribution in [-0.2, 0) is 6.18 Å². The molecule has 114 valence electrons. The largest absolute Gasteiger partial charge is 0.451 e. The first-order chi connectivity index (χ1) is 9.32. The molecule has 1 rings (SSSR count). The summed E-state index contributed by atoms with van der Waals surface area (Å²) in [5, 5.41) is 14.7. The molecule has 0 amide bonds. The monoisotopic (exact) mass is 292 g/mol. The van der Waals surface area contributed by atoms with E-state index in [0.717, 1.165) is 6.42 Å². The predicted octanol–water partition coefficient (Wildman–Crippen LogP) is 2.50. The van der Waals surface area contributed by atoms with Crippen molar-refractivity contribution in [3.63, 3.8) is 0 Å². The van der Waals surface area contributed by atoms with Crippen LogP contribution in [0.5, 0.6) is 0 Å². The van der Waals surface area contributed by atoms with Crippen LogP contribution in [0.25, 0.3) is 0 Å². The molecule has 1 unspecified atom stereocenters. The number of rotatable bonds is 7. The second kappa shape index (κ2) is 7.28. The van der Waals surface area contributed by atoms with E-state index in [1.807, 2.05) is 6.92 Å². The van der Waals surface area contributed by atoms with Gasteiger partial charge >= 0.3 is 6.18 Å². The molecule has 3 N–H and O–H groups in total. The molecule has 0 bridgehead atoms. The fraction of sp³-hybridized carbons (Fsp3) is 0.667. The molecule has 20 heavy (non-hydrogen) atoms. The molecule has 0 aliphatic carbocycles. The normalized spacial score (nSPS) is 13.1. The third-order valence-electron chi connectivity index (χ3n) is 2.40. The summed E-state index contributed by atoms with van der Waals surface area (Å²) in [5.74, 6) is -0.960. The lowest BCUT2D eigenvalue weighted by Gasteiger charge is -2.13. The lowest BCUT2D eigenvalue weighted by atomic mass is 10.3. The summed E-state index contributed by atoms with van der Waals surface area (Å²) in [6.07, 6.45) is -3.92. The maximum atomic E-state index is 12.7. The van der Waals surface area contributed by atoms with Gasteiger partial charge in [0, 0.05) is 19.2 Å². The van der Waals surface area contributed by atoms with Gasteiger partial charge in [0.1, 0.15) is 11.6 Å². The molecular weight excluding hydrogens is 273 g/mol. The van der Waals surface area contributed by atoms with Crippen molar-refractivity contribution in [2.45, 2.75) is 39.0 Å². The topological polar surface area (TPSA) is 70.1 Å². The number of nitrogens with zero attached hydrogens (tertiary/aromatic N) is 2. The smallest absolute Gasteiger partial charge is 0.393 e. The van der Waals surface area contributed by atoms with Gasteiger partial charge in [-0.3, -0.25) is 0 Å². The van der Waals surface area contributed by atoms with E-state index in [-0.39, 0.29) is 11.6 Å². The van der Waals surface area contributed by atoms with Crippen molar-refractivity contribution >= 4 is 11.6 Å². The molecule has 0 saturated carbocycles. The zero-order valence-electron chi connectivity index (χ0n) is 11.5. The molecule has 0 radical (unpaired) electrons. The minimum atomic E-state index is -4.59. The molecule has 1 heterocycles. The van der Waals surface area contributed by atoms with Crippen molar-refractivity contribution in [1.82, 2.24) is 9.97 Å². The Balaban J connectivity index is 2.86. The second-order valence-electron chi connectivity index (χ2n) is 4.45. The Bertz CT molecular complexity index is 424. The summed E-state index contributed by atoms with van der Waals surface area (Å²) in [4.78, 5) is 6.89. The number of hydrogen-bond donors (Lipinski definition) is 3. The number of alkyl halides is 3. The van der Waals surface area contributed by atoms with E-state index in [1.165, 1.54) is 6.07 Å². The number of anilines is 2. The SMILES string of the molecule is CCCNc1cc(NCCC(C)O)nc(C(F)(F)F)n1. The van der Waals surface area contributed by atoms with Crippen LogP contribution in [0.3, 0.4) is 0 Å². The molecule has 0 aliphatic heterocycles. The van der Waals surface area contributed by atoms with Crippen molar-refractivity contribution in [3.05, 3.63) is 11.9 Å².